The van der Waals surface area contributed by atoms with Gasteiger partial charge in [0.05, 0.1) is 6.54 Å². The zero-order valence-electron chi connectivity index (χ0n) is 13.5. The van der Waals surface area contributed by atoms with Crippen molar-refractivity contribution in [2.45, 2.75) is 32.2 Å². The molecule has 2 aromatic rings. The van der Waals surface area contributed by atoms with Gasteiger partial charge < -0.3 is 9.32 Å². The van der Waals surface area contributed by atoms with E-state index in [2.05, 4.69) is 21.9 Å². The first-order chi connectivity index (χ1) is 11.3. The van der Waals surface area contributed by atoms with Crippen LogP contribution in [0.5, 0.6) is 0 Å². The zero-order valence-corrected chi connectivity index (χ0v) is 13.5. The van der Waals surface area contributed by atoms with Gasteiger partial charge in [-0.1, -0.05) is 18.2 Å². The average molecular weight is 312 g/mol. The molecule has 2 aliphatic rings. The van der Waals surface area contributed by atoms with E-state index in [1.54, 1.807) is 0 Å². The van der Waals surface area contributed by atoms with E-state index < -0.39 is 0 Å². The molecule has 23 heavy (non-hydrogen) atoms. The van der Waals surface area contributed by atoms with Crippen molar-refractivity contribution in [2.75, 3.05) is 26.2 Å². The van der Waals surface area contributed by atoms with Crippen LogP contribution in [0.25, 0.3) is 11.0 Å². The van der Waals surface area contributed by atoms with Crippen LogP contribution >= 0.6 is 0 Å². The van der Waals surface area contributed by atoms with Gasteiger partial charge in [-0.25, -0.2) is 0 Å². The van der Waals surface area contributed by atoms with Gasteiger partial charge in [-0.3, -0.25) is 9.69 Å². The van der Waals surface area contributed by atoms with Crippen molar-refractivity contribution in [2.24, 2.45) is 5.92 Å². The number of rotatable bonds is 4. The Hall–Kier alpha value is -1.81. The van der Waals surface area contributed by atoms with Crippen LogP contribution < -0.4 is 0 Å². The first kappa shape index (κ1) is 14.8. The molecule has 4 rings (SSSR count). The van der Waals surface area contributed by atoms with Crippen molar-refractivity contribution in [3.8, 4) is 0 Å². The highest BCUT2D eigenvalue weighted by Crippen LogP contribution is 2.24. The lowest BCUT2D eigenvalue weighted by Crippen LogP contribution is -2.41. The highest BCUT2D eigenvalue weighted by atomic mass is 16.3. The molecule has 0 bridgehead atoms. The molecule has 0 saturated carbocycles. The summed E-state index contributed by atoms with van der Waals surface area (Å²) in [4.78, 5) is 16.4. The molecule has 1 amide bonds. The van der Waals surface area contributed by atoms with Gasteiger partial charge in [0, 0.05) is 31.4 Å². The summed E-state index contributed by atoms with van der Waals surface area (Å²) in [7, 11) is 0. The van der Waals surface area contributed by atoms with Crippen molar-refractivity contribution in [1.82, 2.24) is 9.80 Å². The summed E-state index contributed by atoms with van der Waals surface area (Å²) in [5.74, 6) is 2.00. The molecule has 1 aromatic carbocycles. The standard InChI is InChI=1S/C19H24N2O2/c22-19-8-4-10-21(19)13-15-5-3-9-20(12-15)14-17-11-16-6-1-2-7-18(16)23-17/h1-2,6-7,11,15H,3-5,8-10,12-14H2. The largest absolute Gasteiger partial charge is 0.460 e. The molecule has 2 fully saturated rings. The molecule has 0 spiro atoms. The van der Waals surface area contributed by atoms with E-state index in [1.807, 2.05) is 18.2 Å². The lowest BCUT2D eigenvalue weighted by molar-refractivity contribution is -0.128. The van der Waals surface area contributed by atoms with Gasteiger partial charge in [0.2, 0.25) is 5.91 Å². The Labute approximate surface area is 137 Å². The van der Waals surface area contributed by atoms with E-state index in [0.717, 1.165) is 56.9 Å². The number of amides is 1. The van der Waals surface area contributed by atoms with Gasteiger partial charge in [-0.15, -0.1) is 0 Å². The normalized spacial score (nSPS) is 23.0. The molecule has 122 valence electrons. The Morgan fingerprint density at radius 2 is 2.09 bits per heavy atom. The van der Waals surface area contributed by atoms with E-state index in [4.69, 9.17) is 4.42 Å². The third-order valence-corrected chi connectivity index (χ3v) is 5.11. The van der Waals surface area contributed by atoms with Crippen LogP contribution in [-0.2, 0) is 11.3 Å². The van der Waals surface area contributed by atoms with Crippen LogP contribution in [0.3, 0.4) is 0 Å². The lowest BCUT2D eigenvalue weighted by Gasteiger charge is -2.34. The minimum absolute atomic E-state index is 0.347. The molecule has 2 saturated heterocycles. The smallest absolute Gasteiger partial charge is 0.222 e. The van der Waals surface area contributed by atoms with Crippen LogP contribution in [0.4, 0.5) is 0 Å². The van der Waals surface area contributed by atoms with E-state index in [-0.39, 0.29) is 0 Å². The molecule has 2 aliphatic heterocycles. The first-order valence-corrected chi connectivity index (χ1v) is 8.75. The molecule has 0 aliphatic carbocycles. The summed E-state index contributed by atoms with van der Waals surface area (Å²) in [5, 5.41) is 1.18. The third-order valence-electron chi connectivity index (χ3n) is 5.11. The fraction of sp³-hybridized carbons (Fsp3) is 0.526. The Balaban J connectivity index is 1.38. The van der Waals surface area contributed by atoms with Crippen molar-refractivity contribution in [3.05, 3.63) is 36.1 Å². The molecule has 1 aromatic heterocycles. The maximum atomic E-state index is 11.8. The van der Waals surface area contributed by atoms with Crippen LogP contribution in [-0.4, -0.2) is 41.9 Å². The Morgan fingerprint density at radius 1 is 1.17 bits per heavy atom. The molecule has 0 N–H and O–H groups in total. The maximum absolute atomic E-state index is 11.8. The Bertz CT molecular complexity index is 660. The molecule has 1 unspecified atom stereocenters. The number of furan rings is 1. The Kier molecular flexibility index (Phi) is 4.08. The van der Waals surface area contributed by atoms with Crippen LogP contribution in [0.15, 0.2) is 34.7 Å². The van der Waals surface area contributed by atoms with Gasteiger partial charge in [-0.05, 0) is 43.9 Å². The highest BCUT2D eigenvalue weighted by molar-refractivity contribution is 5.78. The molecule has 3 heterocycles. The number of nitrogens with zero attached hydrogens (tertiary/aromatic N) is 2. The van der Waals surface area contributed by atoms with Gasteiger partial charge >= 0.3 is 0 Å². The number of likely N-dealkylation sites (tertiary alicyclic amines) is 2. The molecular formula is C19H24N2O2. The number of carbonyl (C=O) groups excluding carboxylic acids is 1. The second kappa shape index (κ2) is 6.36. The minimum atomic E-state index is 0.347. The predicted molar refractivity (Wildman–Crippen MR) is 90.0 cm³/mol. The van der Waals surface area contributed by atoms with Crippen molar-refractivity contribution >= 4 is 16.9 Å². The summed E-state index contributed by atoms with van der Waals surface area (Å²) in [6.45, 7) is 4.97. The molecular weight excluding hydrogens is 288 g/mol. The molecule has 4 heteroatoms. The topological polar surface area (TPSA) is 36.7 Å². The van der Waals surface area contributed by atoms with Crippen LogP contribution in [0.2, 0.25) is 0 Å². The quantitative estimate of drug-likeness (QED) is 0.869. The molecule has 0 radical (unpaired) electrons. The highest BCUT2D eigenvalue weighted by Gasteiger charge is 2.27. The minimum Gasteiger partial charge on any atom is -0.460 e. The number of carbonyl (C=O) groups is 1. The second-order valence-corrected chi connectivity index (χ2v) is 6.94. The summed E-state index contributed by atoms with van der Waals surface area (Å²) in [6.07, 6.45) is 4.23. The zero-order chi connectivity index (χ0) is 15.6. The van der Waals surface area contributed by atoms with Crippen LogP contribution in [0.1, 0.15) is 31.4 Å². The van der Waals surface area contributed by atoms with E-state index in [1.165, 1.54) is 18.2 Å². The average Bonchev–Trinajstić information content (AvgIpc) is 3.13. The fourth-order valence-electron chi connectivity index (χ4n) is 3.99. The number of para-hydroxylation sites is 1. The van der Waals surface area contributed by atoms with E-state index in [0.29, 0.717) is 11.8 Å². The molecule has 1 atom stereocenters. The number of piperidine rings is 1. The number of hydrogen-bond donors (Lipinski definition) is 0. The van der Waals surface area contributed by atoms with Crippen LogP contribution in [0, 0.1) is 5.92 Å². The number of benzene rings is 1. The Morgan fingerprint density at radius 3 is 2.91 bits per heavy atom. The SMILES string of the molecule is O=C1CCCN1CC1CCCN(Cc2cc3ccccc3o2)C1. The van der Waals surface area contributed by atoms with Gasteiger partial charge in [0.25, 0.3) is 0 Å². The number of fused-ring (bicyclic) bond motifs is 1. The van der Waals surface area contributed by atoms with Gasteiger partial charge in [-0.2, -0.15) is 0 Å². The summed E-state index contributed by atoms with van der Waals surface area (Å²) in [6, 6.07) is 10.3. The van der Waals surface area contributed by atoms with Crippen molar-refractivity contribution < 1.29 is 9.21 Å². The van der Waals surface area contributed by atoms with Crippen molar-refractivity contribution in [3.63, 3.8) is 0 Å². The first-order valence-electron chi connectivity index (χ1n) is 8.75. The maximum Gasteiger partial charge on any atom is 0.222 e. The summed E-state index contributed by atoms with van der Waals surface area (Å²) in [5.41, 5.74) is 0.971. The predicted octanol–water partition coefficient (Wildman–Crippen LogP) is 3.27. The summed E-state index contributed by atoms with van der Waals surface area (Å²) < 4.78 is 5.95. The second-order valence-electron chi connectivity index (χ2n) is 6.94. The van der Waals surface area contributed by atoms with Gasteiger partial charge in [0.1, 0.15) is 11.3 Å². The summed E-state index contributed by atoms with van der Waals surface area (Å²) >= 11 is 0. The third kappa shape index (κ3) is 3.27. The van der Waals surface area contributed by atoms with E-state index in [9.17, 15) is 4.79 Å². The monoisotopic (exact) mass is 312 g/mol. The van der Waals surface area contributed by atoms with E-state index >= 15 is 0 Å². The lowest BCUT2D eigenvalue weighted by atomic mass is 9.97. The fourth-order valence-corrected chi connectivity index (χ4v) is 3.99. The van der Waals surface area contributed by atoms with Crippen molar-refractivity contribution in [1.29, 1.82) is 0 Å². The number of hydrogen-bond acceptors (Lipinski definition) is 3. The molecule has 4 nitrogen and oxygen atoms in total. The van der Waals surface area contributed by atoms with Gasteiger partial charge in [0.15, 0.2) is 0 Å².